The maximum atomic E-state index is 15.2. The van der Waals surface area contributed by atoms with Crippen molar-refractivity contribution in [2.45, 2.75) is 47.5 Å². The van der Waals surface area contributed by atoms with E-state index in [-0.39, 0.29) is 11.1 Å². The van der Waals surface area contributed by atoms with Crippen molar-refractivity contribution in [3.63, 3.8) is 0 Å². The molecule has 0 saturated heterocycles. The summed E-state index contributed by atoms with van der Waals surface area (Å²) in [7, 11) is 0. The van der Waals surface area contributed by atoms with Gasteiger partial charge in [-0.2, -0.15) is 26.3 Å². The second kappa shape index (κ2) is 6.62. The van der Waals surface area contributed by atoms with Crippen LogP contribution in [0, 0.1) is 0 Å². The van der Waals surface area contributed by atoms with Gasteiger partial charge in [-0.25, -0.2) is 0 Å². The Morgan fingerprint density at radius 3 is 1.88 bits per heavy atom. The third kappa shape index (κ3) is 2.51. The molecule has 0 amide bonds. The van der Waals surface area contributed by atoms with Gasteiger partial charge in [-0.05, 0) is 55.0 Å². The van der Waals surface area contributed by atoms with Crippen molar-refractivity contribution in [2.24, 2.45) is 0 Å². The van der Waals surface area contributed by atoms with Crippen molar-refractivity contribution in [2.75, 3.05) is 5.75 Å². The lowest BCUT2D eigenvalue weighted by Gasteiger charge is -2.47. The molecule has 3 aliphatic heterocycles. The van der Waals surface area contributed by atoms with Crippen molar-refractivity contribution in [1.29, 1.82) is 0 Å². The molecule has 2 aliphatic carbocycles. The molecule has 1 aromatic heterocycles. The molecule has 2 unspecified atom stereocenters. The monoisotopic (exact) mass is 534 g/mol. The molecule has 0 N–H and O–H groups in total. The van der Waals surface area contributed by atoms with Crippen LogP contribution in [0.5, 0.6) is 0 Å². The third-order valence-corrected chi connectivity index (χ3v) is 12.7. The van der Waals surface area contributed by atoms with Crippen molar-refractivity contribution in [1.82, 2.24) is 0 Å². The number of halogens is 6. The Morgan fingerprint density at radius 2 is 1.36 bits per heavy atom. The summed E-state index contributed by atoms with van der Waals surface area (Å²) in [4.78, 5) is 3.00. The van der Waals surface area contributed by atoms with Gasteiger partial charge in [0.15, 0.2) is 0 Å². The summed E-state index contributed by atoms with van der Waals surface area (Å²) >= 11 is 5.58. The zero-order chi connectivity index (χ0) is 23.6. The smallest absolute Gasteiger partial charge is 0.194 e. The van der Waals surface area contributed by atoms with Crippen LogP contribution in [0.15, 0.2) is 67.8 Å². The van der Waals surface area contributed by atoms with Gasteiger partial charge in [0.1, 0.15) is 0 Å². The Hall–Kier alpha value is -0.970. The van der Waals surface area contributed by atoms with E-state index in [0.717, 1.165) is 22.0 Å². The minimum Gasteiger partial charge on any atom is -0.194 e. The fraction of sp³-hybridized carbons (Fsp3) is 0.391. The van der Waals surface area contributed by atoms with E-state index in [1.54, 1.807) is 31.7 Å². The summed E-state index contributed by atoms with van der Waals surface area (Å²) in [5, 5.41) is 1.83. The van der Waals surface area contributed by atoms with Crippen LogP contribution < -0.4 is 0 Å². The van der Waals surface area contributed by atoms with Gasteiger partial charge >= 0.3 is 17.8 Å². The molecule has 174 valence electrons. The molecular weight excluding hydrogens is 519 g/mol. The molecule has 0 nitrogen and oxygen atoms in total. The standard InChI is InChI=1S/C23H16F6S4/c1-19-11(9-15(32-19)13-5-3-7-30-13)17-18(22(26,27)23(28,29)21(17,24)25)12-10-16(33-20(12,19)2)14-6-4-8-31-14/h3,5-7,9-10H,4,8H2,1-2H3. The molecule has 5 aliphatic rings. The minimum absolute atomic E-state index is 0.104. The highest BCUT2D eigenvalue weighted by molar-refractivity contribution is 8.13. The van der Waals surface area contributed by atoms with Crippen LogP contribution in [0.1, 0.15) is 25.1 Å². The van der Waals surface area contributed by atoms with E-state index >= 15 is 17.6 Å². The van der Waals surface area contributed by atoms with Gasteiger partial charge in [0.05, 0.1) is 9.49 Å². The number of alkyl halides is 6. The summed E-state index contributed by atoms with van der Waals surface area (Å²) in [6, 6.07) is 3.62. The Balaban J connectivity index is 1.68. The largest absolute Gasteiger partial charge is 0.380 e. The summed E-state index contributed by atoms with van der Waals surface area (Å²) < 4.78 is 88.0. The summed E-state index contributed by atoms with van der Waals surface area (Å²) in [6.45, 7) is 3.45. The number of allylic oxidation sites excluding steroid dienone is 5. The van der Waals surface area contributed by atoms with Crippen molar-refractivity contribution < 1.29 is 26.3 Å². The number of thioether (sulfide) groups is 3. The van der Waals surface area contributed by atoms with Crippen LogP contribution in [0.4, 0.5) is 26.3 Å². The molecular formula is C23H16F6S4. The van der Waals surface area contributed by atoms with Crippen LogP contribution in [0.2, 0.25) is 0 Å². The number of rotatable bonds is 2. The van der Waals surface area contributed by atoms with Crippen molar-refractivity contribution in [3.8, 4) is 0 Å². The second-order valence-electron chi connectivity index (χ2n) is 8.77. The van der Waals surface area contributed by atoms with E-state index in [2.05, 4.69) is 0 Å². The van der Waals surface area contributed by atoms with E-state index < -0.39 is 38.4 Å². The van der Waals surface area contributed by atoms with Crippen molar-refractivity contribution >= 4 is 51.5 Å². The van der Waals surface area contributed by atoms with Gasteiger partial charge in [-0.15, -0.1) is 46.6 Å². The third-order valence-electron chi connectivity index (χ3n) is 7.03. The Bertz CT molecular complexity index is 1250. The molecule has 1 fully saturated rings. The highest BCUT2D eigenvalue weighted by atomic mass is 32.2. The predicted molar refractivity (Wildman–Crippen MR) is 126 cm³/mol. The lowest BCUT2D eigenvalue weighted by molar-refractivity contribution is -0.258. The van der Waals surface area contributed by atoms with Gasteiger partial charge in [-0.1, -0.05) is 12.1 Å². The summed E-state index contributed by atoms with van der Waals surface area (Å²) in [5.41, 5.74) is -2.61. The summed E-state index contributed by atoms with van der Waals surface area (Å²) in [6.07, 6.45) is 5.69. The van der Waals surface area contributed by atoms with Gasteiger partial charge in [-0.3, -0.25) is 0 Å². The van der Waals surface area contributed by atoms with Crippen LogP contribution in [-0.2, 0) is 0 Å². The van der Waals surface area contributed by atoms with E-state index in [9.17, 15) is 8.78 Å². The lowest BCUT2D eigenvalue weighted by atomic mass is 9.71. The molecule has 4 heterocycles. The number of thiophene rings is 1. The summed E-state index contributed by atoms with van der Waals surface area (Å²) in [5.74, 6) is -14.6. The van der Waals surface area contributed by atoms with E-state index in [1.807, 2.05) is 17.5 Å². The molecule has 33 heavy (non-hydrogen) atoms. The fourth-order valence-corrected chi connectivity index (χ4v) is 10.2. The number of fused-ring (bicyclic) bond motifs is 4. The van der Waals surface area contributed by atoms with Gasteiger partial charge in [0, 0.05) is 36.5 Å². The second-order valence-corrected chi connectivity index (χ2v) is 13.8. The van der Waals surface area contributed by atoms with Crippen LogP contribution in [0.25, 0.3) is 4.91 Å². The van der Waals surface area contributed by atoms with Crippen LogP contribution in [0.3, 0.4) is 0 Å². The maximum Gasteiger partial charge on any atom is 0.380 e. The van der Waals surface area contributed by atoms with E-state index in [0.29, 0.717) is 9.81 Å². The lowest BCUT2D eigenvalue weighted by Crippen LogP contribution is -2.48. The van der Waals surface area contributed by atoms with Gasteiger partial charge in [0.25, 0.3) is 0 Å². The SMILES string of the molecule is CC12SC(C3=CCCS3)=CC1=C1C(=C3C=C(c4cccs4)SC32C)C(F)(F)C(F)(F)C1(F)F. The number of hydrogen-bond acceptors (Lipinski definition) is 4. The molecule has 1 aromatic rings. The molecule has 0 aromatic carbocycles. The van der Waals surface area contributed by atoms with E-state index in [4.69, 9.17) is 0 Å². The van der Waals surface area contributed by atoms with E-state index in [1.165, 1.54) is 47.0 Å². The predicted octanol–water partition coefficient (Wildman–Crippen LogP) is 8.53. The minimum atomic E-state index is -5.51. The van der Waals surface area contributed by atoms with Crippen LogP contribution >= 0.6 is 46.6 Å². The van der Waals surface area contributed by atoms with Gasteiger partial charge in [0.2, 0.25) is 0 Å². The molecule has 0 spiro atoms. The molecule has 2 atom stereocenters. The maximum absolute atomic E-state index is 15.2. The highest BCUT2D eigenvalue weighted by Crippen LogP contribution is 2.75. The quantitative estimate of drug-likeness (QED) is 0.349. The average Bonchev–Trinajstić information content (AvgIpc) is 3.52. The first kappa shape index (κ1) is 22.5. The van der Waals surface area contributed by atoms with Gasteiger partial charge < -0.3 is 0 Å². The topological polar surface area (TPSA) is 0 Å². The molecule has 10 heteroatoms. The zero-order valence-electron chi connectivity index (χ0n) is 17.3. The zero-order valence-corrected chi connectivity index (χ0v) is 20.5. The first-order valence-corrected chi connectivity index (χ1v) is 13.7. The van der Waals surface area contributed by atoms with Crippen molar-refractivity contribution in [3.05, 3.63) is 72.7 Å². The Kier molecular flexibility index (Phi) is 4.51. The first-order chi connectivity index (χ1) is 15.4. The molecule has 0 bridgehead atoms. The van der Waals surface area contributed by atoms with Crippen LogP contribution in [-0.4, -0.2) is 33.0 Å². The normalized spacial score (nSPS) is 35.3. The molecule has 0 radical (unpaired) electrons. The highest BCUT2D eigenvalue weighted by Gasteiger charge is 2.84. The molecule has 1 saturated carbocycles. The average molecular weight is 535 g/mol. The number of hydrogen-bond donors (Lipinski definition) is 0. The fourth-order valence-electron chi connectivity index (χ4n) is 5.16. The molecule has 6 rings (SSSR count). The Labute approximate surface area is 203 Å². The first-order valence-electron chi connectivity index (χ1n) is 10.2. The Morgan fingerprint density at radius 1 is 0.788 bits per heavy atom.